The van der Waals surface area contributed by atoms with E-state index in [-0.39, 0.29) is 11.3 Å². The predicted molar refractivity (Wildman–Crippen MR) is 47.4 cm³/mol. The van der Waals surface area contributed by atoms with Crippen molar-refractivity contribution in [2.24, 2.45) is 5.16 Å². The third kappa shape index (κ3) is 1.95. The van der Waals surface area contributed by atoms with E-state index in [0.717, 1.165) is 0 Å². The Kier molecular flexibility index (Phi) is 2.96. The van der Waals surface area contributed by atoms with Crippen LogP contribution in [-0.2, 0) is 4.79 Å². The topological polar surface area (TPSA) is 87.0 Å². The van der Waals surface area contributed by atoms with Crippen LogP contribution in [0.2, 0.25) is 0 Å². The number of carbonyl (C=O) groups excluding carboxylic acids is 1. The molecule has 1 aromatic rings. The van der Waals surface area contributed by atoms with Crippen LogP contribution in [0.1, 0.15) is 15.9 Å². The number of carboxylic acid groups (broad SMARTS) is 1. The van der Waals surface area contributed by atoms with E-state index in [1.54, 1.807) is 0 Å². The van der Waals surface area contributed by atoms with Crippen LogP contribution in [0, 0.1) is 0 Å². The Morgan fingerprint density at radius 2 is 1.71 bits per heavy atom. The van der Waals surface area contributed by atoms with Gasteiger partial charge in [0.2, 0.25) is 0 Å². The zero-order chi connectivity index (χ0) is 10.6. The molecular weight excluding hydrogens is 186 g/mol. The van der Waals surface area contributed by atoms with Crippen LogP contribution >= 0.6 is 0 Å². The van der Waals surface area contributed by atoms with Gasteiger partial charge in [0.15, 0.2) is 5.71 Å². The quantitative estimate of drug-likeness (QED) is 0.418. The first-order valence-electron chi connectivity index (χ1n) is 3.63. The van der Waals surface area contributed by atoms with Crippen LogP contribution in [0.5, 0.6) is 0 Å². The minimum atomic E-state index is -1.06. The third-order valence-corrected chi connectivity index (χ3v) is 1.60. The number of nitrogens with zero attached hydrogens (tertiary/aromatic N) is 1. The summed E-state index contributed by atoms with van der Waals surface area (Å²) < 4.78 is 0. The summed E-state index contributed by atoms with van der Waals surface area (Å²) >= 11 is 0. The summed E-state index contributed by atoms with van der Waals surface area (Å²) in [7, 11) is 0. The maximum Gasteiger partial charge on any atom is 0.335 e. The van der Waals surface area contributed by atoms with Crippen LogP contribution < -0.4 is 0 Å². The molecule has 0 aliphatic rings. The minimum Gasteiger partial charge on any atom is -0.478 e. The Morgan fingerprint density at radius 3 is 2.07 bits per heavy atom. The van der Waals surface area contributed by atoms with Gasteiger partial charge in [0.25, 0.3) is 6.29 Å². The van der Waals surface area contributed by atoms with Gasteiger partial charge in [-0.05, 0) is 12.1 Å². The molecule has 1 aromatic carbocycles. The van der Waals surface area contributed by atoms with Crippen molar-refractivity contribution in [3.05, 3.63) is 35.4 Å². The second kappa shape index (κ2) is 4.18. The van der Waals surface area contributed by atoms with Crippen LogP contribution in [0.15, 0.2) is 29.4 Å². The second-order valence-corrected chi connectivity index (χ2v) is 2.43. The summed E-state index contributed by atoms with van der Waals surface area (Å²) in [6.45, 7) is 0. The molecule has 5 nitrogen and oxygen atoms in total. The average Bonchev–Trinajstić information content (AvgIpc) is 2.20. The molecule has 0 bridgehead atoms. The van der Waals surface area contributed by atoms with E-state index in [1.165, 1.54) is 30.6 Å². The molecule has 2 N–H and O–H groups in total. The zero-order valence-corrected chi connectivity index (χ0v) is 6.97. The molecule has 1 radical (unpaired) electrons. The van der Waals surface area contributed by atoms with Gasteiger partial charge in [0, 0.05) is 5.56 Å². The maximum atomic E-state index is 10.5. The van der Waals surface area contributed by atoms with Gasteiger partial charge < -0.3 is 10.3 Å². The number of rotatable bonds is 3. The monoisotopic (exact) mass is 192 g/mol. The number of carbonyl (C=O) groups is 1. The molecule has 0 amide bonds. The first-order valence-corrected chi connectivity index (χ1v) is 3.63. The molecular formula is C9H6NO4. The fourth-order valence-corrected chi connectivity index (χ4v) is 0.908. The van der Waals surface area contributed by atoms with Gasteiger partial charge in [0.1, 0.15) is 0 Å². The van der Waals surface area contributed by atoms with E-state index in [2.05, 4.69) is 5.16 Å². The SMILES string of the molecule is O=[C]C(=NO)c1ccc(C(=O)O)cc1. The lowest BCUT2D eigenvalue weighted by atomic mass is 10.1. The van der Waals surface area contributed by atoms with Gasteiger partial charge >= 0.3 is 5.97 Å². The van der Waals surface area contributed by atoms with Gasteiger partial charge in [-0.15, -0.1) is 0 Å². The molecule has 0 saturated heterocycles. The highest BCUT2D eigenvalue weighted by Crippen LogP contribution is 2.04. The molecule has 0 spiro atoms. The number of carboxylic acids is 1. The summed E-state index contributed by atoms with van der Waals surface area (Å²) in [4.78, 5) is 20.7. The lowest BCUT2D eigenvalue weighted by molar-refractivity contribution is 0.0697. The van der Waals surface area contributed by atoms with Crippen molar-refractivity contribution in [1.82, 2.24) is 0 Å². The van der Waals surface area contributed by atoms with Gasteiger partial charge in [0.05, 0.1) is 5.56 Å². The summed E-state index contributed by atoms with van der Waals surface area (Å²) in [6, 6.07) is 5.34. The van der Waals surface area contributed by atoms with Crippen molar-refractivity contribution < 1.29 is 19.9 Å². The fraction of sp³-hybridized carbons (Fsp3) is 0. The maximum absolute atomic E-state index is 10.5. The Balaban J connectivity index is 3.05. The van der Waals surface area contributed by atoms with Crippen molar-refractivity contribution in [3.8, 4) is 0 Å². The van der Waals surface area contributed by atoms with E-state index >= 15 is 0 Å². The smallest absolute Gasteiger partial charge is 0.335 e. The standard InChI is InChI=1S/C9H6NO4/c11-5-8(10-14)6-1-3-7(4-2-6)9(12)13/h1-4,14H,(H,12,13). The molecule has 0 unspecified atom stereocenters. The number of aromatic carboxylic acids is 1. The predicted octanol–water partition coefficient (Wildman–Crippen LogP) is 0.673. The van der Waals surface area contributed by atoms with E-state index in [4.69, 9.17) is 10.3 Å². The normalized spacial score (nSPS) is 11.0. The average molecular weight is 192 g/mol. The molecule has 0 fully saturated rings. The number of hydrogen-bond acceptors (Lipinski definition) is 4. The summed E-state index contributed by atoms with van der Waals surface area (Å²) in [5.41, 5.74) is 0.145. The number of hydrogen-bond donors (Lipinski definition) is 2. The summed E-state index contributed by atoms with van der Waals surface area (Å²) in [5, 5.41) is 19.6. The molecule has 5 heteroatoms. The largest absolute Gasteiger partial charge is 0.478 e. The van der Waals surface area contributed by atoms with Crippen molar-refractivity contribution >= 4 is 18.0 Å². The molecule has 0 heterocycles. The summed E-state index contributed by atoms with van der Waals surface area (Å²) in [5.74, 6) is -1.06. The molecule has 1 rings (SSSR count). The van der Waals surface area contributed by atoms with E-state index in [1.807, 2.05) is 0 Å². The van der Waals surface area contributed by atoms with Gasteiger partial charge in [-0.3, -0.25) is 4.79 Å². The second-order valence-electron chi connectivity index (χ2n) is 2.43. The van der Waals surface area contributed by atoms with Crippen molar-refractivity contribution in [2.75, 3.05) is 0 Å². The highest BCUT2D eigenvalue weighted by Gasteiger charge is 2.06. The Hall–Kier alpha value is -2.17. The number of oxime groups is 1. The van der Waals surface area contributed by atoms with Crippen molar-refractivity contribution in [1.29, 1.82) is 0 Å². The van der Waals surface area contributed by atoms with Crippen molar-refractivity contribution in [2.45, 2.75) is 0 Å². The van der Waals surface area contributed by atoms with Crippen LogP contribution in [0.4, 0.5) is 0 Å². The fourth-order valence-electron chi connectivity index (χ4n) is 0.908. The first kappa shape index (κ1) is 9.91. The zero-order valence-electron chi connectivity index (χ0n) is 6.97. The Labute approximate surface area is 79.3 Å². The summed E-state index contributed by atoms with van der Waals surface area (Å²) in [6.07, 6.45) is 1.42. The Morgan fingerprint density at radius 1 is 1.21 bits per heavy atom. The molecule has 0 saturated carbocycles. The van der Waals surface area contributed by atoms with Crippen LogP contribution in [-0.4, -0.2) is 28.3 Å². The minimum absolute atomic E-state index is 0.0944. The van der Waals surface area contributed by atoms with E-state index in [0.29, 0.717) is 5.56 Å². The molecule has 14 heavy (non-hydrogen) atoms. The van der Waals surface area contributed by atoms with Crippen LogP contribution in [0.3, 0.4) is 0 Å². The molecule has 0 aromatic heterocycles. The number of benzene rings is 1. The van der Waals surface area contributed by atoms with Gasteiger partial charge in [-0.1, -0.05) is 17.3 Å². The lowest BCUT2D eigenvalue weighted by Gasteiger charge is -1.97. The van der Waals surface area contributed by atoms with Crippen molar-refractivity contribution in [3.63, 3.8) is 0 Å². The van der Waals surface area contributed by atoms with Gasteiger partial charge in [-0.2, -0.15) is 0 Å². The lowest BCUT2D eigenvalue weighted by Crippen LogP contribution is -2.03. The Bertz CT molecular complexity index is 380. The molecule has 0 aliphatic carbocycles. The molecule has 0 atom stereocenters. The highest BCUT2D eigenvalue weighted by atomic mass is 16.4. The van der Waals surface area contributed by atoms with Crippen LogP contribution in [0.25, 0.3) is 0 Å². The van der Waals surface area contributed by atoms with Gasteiger partial charge in [-0.25, -0.2) is 4.79 Å². The van der Waals surface area contributed by atoms with E-state index in [9.17, 15) is 9.59 Å². The first-order chi connectivity index (χ1) is 6.69. The molecule has 71 valence electrons. The third-order valence-electron chi connectivity index (χ3n) is 1.60. The molecule has 0 aliphatic heterocycles. The highest BCUT2D eigenvalue weighted by molar-refractivity contribution is 6.36. The van der Waals surface area contributed by atoms with E-state index < -0.39 is 5.97 Å².